The predicted molar refractivity (Wildman–Crippen MR) is 624 cm³/mol. The van der Waals surface area contributed by atoms with Gasteiger partial charge in [-0.3, -0.25) is 0 Å². The third kappa shape index (κ3) is 12.3. The van der Waals surface area contributed by atoms with Crippen molar-refractivity contribution in [3.05, 3.63) is 524 Å². The maximum Gasteiger partial charge on any atom is 0.136 e. The van der Waals surface area contributed by atoms with E-state index in [2.05, 4.69) is 499 Å². The summed E-state index contributed by atoms with van der Waals surface area (Å²) in [5.74, 6) is 0. The van der Waals surface area contributed by atoms with Gasteiger partial charge in [0.1, 0.15) is 11.2 Å². The van der Waals surface area contributed by atoms with Crippen LogP contribution in [0, 0.1) is 0 Å². The van der Waals surface area contributed by atoms with Crippen molar-refractivity contribution in [1.82, 2.24) is 19.5 Å². The fraction of sp³-hybridized carbons (Fsp3) is 0.0216. The number of thiophene rings is 2. The molecule has 7 aromatic heterocycles. The Kier molecular flexibility index (Phi) is 18.3. The molecule has 5 nitrogen and oxygen atoms in total. The van der Waals surface area contributed by atoms with Crippen molar-refractivity contribution in [1.29, 1.82) is 0 Å². The van der Waals surface area contributed by atoms with Crippen LogP contribution in [0.2, 0.25) is 0 Å². The highest BCUT2D eigenvalue weighted by Gasteiger charge is 2.49. The summed E-state index contributed by atoms with van der Waals surface area (Å²) in [7, 11) is 0. The number of hydrogen-bond donors (Lipinski definition) is 3. The Morgan fingerprint density at radius 1 is 0.219 bits per heavy atom. The van der Waals surface area contributed by atoms with Crippen LogP contribution in [0.3, 0.4) is 0 Å². The fourth-order valence-corrected chi connectivity index (χ4v) is 28.2. The van der Waals surface area contributed by atoms with Gasteiger partial charge < -0.3 is 23.9 Å². The molecule has 3 N–H and O–H groups in total. The molecule has 7 heteroatoms. The lowest BCUT2D eigenvalue weighted by molar-refractivity contribution is 0.670. The molecule has 680 valence electrons. The molecule has 0 fully saturated rings. The number of furan rings is 1. The lowest BCUT2D eigenvalue weighted by Gasteiger charge is -2.34. The van der Waals surface area contributed by atoms with Gasteiger partial charge in [0.05, 0.1) is 16.4 Å². The van der Waals surface area contributed by atoms with E-state index in [0.29, 0.717) is 0 Å². The van der Waals surface area contributed by atoms with Crippen LogP contribution in [-0.4, -0.2) is 19.5 Å². The average Bonchev–Trinajstić information content (AvgIpc) is 1.51. The lowest BCUT2D eigenvalue weighted by Crippen LogP contribution is -2.28. The number of H-pyrrole nitrogens is 3. The maximum atomic E-state index is 6.17. The first-order valence-corrected chi connectivity index (χ1v) is 52.1. The van der Waals surface area contributed by atoms with E-state index in [1.54, 1.807) is 0 Å². The van der Waals surface area contributed by atoms with Gasteiger partial charge in [-0.1, -0.05) is 388 Å². The Labute approximate surface area is 846 Å². The second kappa shape index (κ2) is 32.4. The average molecular weight is 1890 g/mol. The molecule has 35 rings (SSSR count). The molecule has 0 spiro atoms. The highest BCUT2D eigenvalue weighted by molar-refractivity contribution is 7.27. The number of para-hydroxylation sites is 4. The molecule has 3 aliphatic rings. The van der Waals surface area contributed by atoms with Crippen LogP contribution in [0.1, 0.15) is 44.5 Å². The second-order valence-electron chi connectivity index (χ2n) is 39.5. The standard InChI is InChI=1S/C36H24.C32H20N2.C27H16S.C22H13NO.C22H13NS/c1-3-13-27(14-4-1)36(28-15-5-2-6-16-28)31-21-19-24-11-7-9-17-29(24)34(31)35-32(36)22-20-26-23-25-12-8-10-18-30(25)33(26)35;1-2-10-20(11-3-1)34-28-19-18-27-29(25-16-8-9-17-26(25)33-27)31(28)30-23-14-6-4-12-21(23)22-13-5-7-15-24(22)32(30)34;1-2-7-18-15-23-20(13-17(18)6-1)14-19-10-12-24-26(25(19)23)22-11-9-16-5-3-4-8-21(16)27(22)28-24;1-2-6-14-12-20-16(11-13(14)5-1)22-19(24-20)10-9-18-21(22)15-7-3-4-8-17(15)23-18;1-2-6-14-13(5-1)9-10-16-21-19(24-22(14)16)12-11-18-20(21)15-7-3-4-8-17(15)23-18/h1-22H,23H2;1-19,33H;1-13,15H,14H2;2*1-12,23H. The first kappa shape index (κ1) is 82.5. The van der Waals surface area contributed by atoms with Crippen molar-refractivity contribution in [2.45, 2.75) is 18.3 Å². The van der Waals surface area contributed by atoms with Gasteiger partial charge in [-0.25, -0.2) is 0 Å². The van der Waals surface area contributed by atoms with Crippen LogP contribution in [0.25, 0.3) is 264 Å². The Bertz CT molecular complexity index is 11000. The van der Waals surface area contributed by atoms with Gasteiger partial charge in [-0.05, 0) is 252 Å². The molecular formula is C139H86N4OS2. The van der Waals surface area contributed by atoms with E-state index in [4.69, 9.17) is 4.42 Å². The SMILES string of the molecule is c1ccc(-n2c3ccc4[nH]c5ccccc5c4c3c3c4ccccc4c4ccccc4c32)cc1.c1ccc(C2(c3ccccc3)c3ccc4c(c3-c3c2ccc2ccccc32)-c2ccccc2C4)cc1.c1ccc2c(c1)ccc1c2sc2ccc3[nH]c4ccccc4c3c21.c1ccc2cc3c(cc2c1)Cc1ccc2sc4c5ccccc5ccc4c2c1-3.c1ccc2cc3c(cc2c1)oc1ccc2[nH]c4ccccc4c2c13. The Morgan fingerprint density at radius 2 is 0.651 bits per heavy atom. The zero-order chi connectivity index (χ0) is 95.5. The zero-order valence-corrected chi connectivity index (χ0v) is 80.8. The minimum absolute atomic E-state index is 0.371. The van der Waals surface area contributed by atoms with E-state index in [-0.39, 0.29) is 5.41 Å². The fourth-order valence-electron chi connectivity index (χ4n) is 25.7. The third-order valence-corrected chi connectivity index (χ3v) is 34.3. The van der Waals surface area contributed by atoms with Gasteiger partial charge in [0.2, 0.25) is 0 Å². The Balaban J connectivity index is 0.0000000836. The normalized spacial score (nSPS) is 12.8. The minimum atomic E-state index is -0.371. The van der Waals surface area contributed by atoms with Gasteiger partial charge in [-0.15, -0.1) is 22.7 Å². The van der Waals surface area contributed by atoms with E-state index < -0.39 is 0 Å². The van der Waals surface area contributed by atoms with Gasteiger partial charge >= 0.3 is 0 Å². The second-order valence-corrected chi connectivity index (χ2v) is 41.6. The summed E-state index contributed by atoms with van der Waals surface area (Å²) >= 11 is 3.84. The molecule has 0 amide bonds. The smallest absolute Gasteiger partial charge is 0.136 e. The molecule has 25 aromatic carbocycles. The number of rotatable bonds is 3. The van der Waals surface area contributed by atoms with Gasteiger partial charge in [0.15, 0.2) is 0 Å². The largest absolute Gasteiger partial charge is 0.456 e. The predicted octanol–water partition coefficient (Wildman–Crippen LogP) is 38.6. The van der Waals surface area contributed by atoms with Crippen LogP contribution in [0.4, 0.5) is 0 Å². The van der Waals surface area contributed by atoms with Gasteiger partial charge in [-0.2, -0.15) is 0 Å². The maximum absolute atomic E-state index is 6.17. The number of hydrogen-bond acceptors (Lipinski definition) is 3. The summed E-state index contributed by atoms with van der Waals surface area (Å²) in [5, 5.41) is 36.6. The monoisotopic (exact) mass is 1890 g/mol. The lowest BCUT2D eigenvalue weighted by atomic mass is 9.67. The van der Waals surface area contributed by atoms with Crippen LogP contribution >= 0.6 is 22.7 Å². The molecule has 0 unspecified atom stereocenters. The number of nitrogens with one attached hydrogen (secondary N) is 3. The molecule has 0 bridgehead atoms. The Morgan fingerprint density at radius 3 is 1.29 bits per heavy atom. The van der Waals surface area contributed by atoms with E-state index in [1.807, 2.05) is 22.7 Å². The van der Waals surface area contributed by atoms with Crippen LogP contribution in [-0.2, 0) is 18.3 Å². The summed E-state index contributed by atoms with van der Waals surface area (Å²) < 4.78 is 14.2. The number of benzene rings is 25. The van der Waals surface area contributed by atoms with E-state index in [1.165, 1.54) is 286 Å². The summed E-state index contributed by atoms with van der Waals surface area (Å²) in [6.07, 6.45) is 2.04. The minimum Gasteiger partial charge on any atom is -0.456 e. The van der Waals surface area contributed by atoms with Crippen molar-refractivity contribution in [3.63, 3.8) is 0 Å². The van der Waals surface area contributed by atoms with Crippen molar-refractivity contribution in [3.8, 4) is 39.1 Å². The van der Waals surface area contributed by atoms with Crippen molar-refractivity contribution in [2.75, 3.05) is 0 Å². The number of aromatic amines is 3. The molecular weight excluding hydrogens is 1810 g/mol. The summed E-state index contributed by atoms with van der Waals surface area (Å²) in [4.78, 5) is 10.7. The number of fused-ring (bicyclic) bond motifs is 48. The van der Waals surface area contributed by atoms with Gasteiger partial charge in [0.25, 0.3) is 0 Å². The molecule has 0 aliphatic heterocycles. The first-order chi connectivity index (χ1) is 72.4. The van der Waals surface area contributed by atoms with Crippen LogP contribution < -0.4 is 0 Å². The molecule has 3 aliphatic carbocycles. The molecule has 32 aromatic rings. The summed E-state index contributed by atoms with van der Waals surface area (Å²) in [6.45, 7) is 0. The molecule has 0 saturated heterocycles. The van der Waals surface area contributed by atoms with Gasteiger partial charge in [0, 0.05) is 138 Å². The van der Waals surface area contributed by atoms with Crippen molar-refractivity contribution < 1.29 is 4.42 Å². The molecule has 146 heavy (non-hydrogen) atoms. The summed E-state index contributed by atoms with van der Waals surface area (Å²) in [5.41, 5.74) is 32.0. The quantitative estimate of drug-likeness (QED) is 0.152. The first-order valence-electron chi connectivity index (χ1n) is 50.5. The molecule has 0 atom stereocenters. The Hall–Kier alpha value is -18.2. The zero-order valence-electron chi connectivity index (χ0n) is 79.2. The van der Waals surface area contributed by atoms with Crippen LogP contribution in [0.5, 0.6) is 0 Å². The number of aromatic nitrogens is 4. The van der Waals surface area contributed by atoms with Crippen LogP contribution in [0.15, 0.2) is 484 Å². The van der Waals surface area contributed by atoms with E-state index >= 15 is 0 Å². The van der Waals surface area contributed by atoms with E-state index in [9.17, 15) is 0 Å². The number of nitrogens with zero attached hydrogens (tertiary/aromatic N) is 1. The highest BCUT2D eigenvalue weighted by atomic mass is 32.1. The molecule has 0 radical (unpaired) electrons. The molecule has 7 heterocycles. The topological polar surface area (TPSA) is 65.4 Å². The third-order valence-electron chi connectivity index (χ3n) is 31.8. The highest BCUT2D eigenvalue weighted by Crippen LogP contribution is 2.63. The van der Waals surface area contributed by atoms with Crippen molar-refractivity contribution >= 4 is 248 Å². The molecule has 0 saturated carbocycles. The summed E-state index contributed by atoms with van der Waals surface area (Å²) in [6, 6.07) is 174. The van der Waals surface area contributed by atoms with Crippen molar-refractivity contribution in [2.24, 2.45) is 0 Å². The van der Waals surface area contributed by atoms with E-state index in [0.717, 1.165) is 35.0 Å².